The lowest BCUT2D eigenvalue weighted by molar-refractivity contribution is -0.274. The third kappa shape index (κ3) is 7.93. The van der Waals surface area contributed by atoms with Crippen LogP contribution in [0, 0.1) is 0 Å². The summed E-state index contributed by atoms with van der Waals surface area (Å²) in [5, 5.41) is 2.68. The van der Waals surface area contributed by atoms with E-state index in [9.17, 15) is 26.4 Å². The molecule has 2 aromatic carbocycles. The molecule has 0 saturated heterocycles. The molecule has 0 bridgehead atoms. The number of halogens is 3. The second-order valence-electron chi connectivity index (χ2n) is 6.44. The number of amides is 1. The fraction of sp³-hybridized carbons (Fsp3) is 0.350. The molecule has 1 amide bonds. The van der Waals surface area contributed by atoms with Crippen LogP contribution in [0.1, 0.15) is 12.0 Å². The molecule has 0 aliphatic rings. The maximum atomic E-state index is 12.2. The van der Waals surface area contributed by atoms with Crippen LogP contribution in [-0.2, 0) is 21.2 Å². The van der Waals surface area contributed by atoms with Crippen LogP contribution in [-0.4, -0.2) is 48.0 Å². The monoisotopic (exact) mass is 476 g/mol. The van der Waals surface area contributed by atoms with E-state index in [0.29, 0.717) is 24.5 Å². The molecular formula is C20H23F3N2O6S. The molecule has 0 atom stereocenters. The molecule has 0 radical (unpaired) electrons. The zero-order chi connectivity index (χ0) is 23.8. The van der Waals surface area contributed by atoms with Gasteiger partial charge >= 0.3 is 6.36 Å². The molecule has 0 aliphatic carbocycles. The minimum absolute atomic E-state index is 0.117. The Kier molecular flexibility index (Phi) is 8.72. The van der Waals surface area contributed by atoms with E-state index >= 15 is 0 Å². The number of carbonyl (C=O) groups is 1. The molecule has 0 unspecified atom stereocenters. The summed E-state index contributed by atoms with van der Waals surface area (Å²) in [7, 11) is -0.921. The highest BCUT2D eigenvalue weighted by molar-refractivity contribution is 7.89. The summed E-state index contributed by atoms with van der Waals surface area (Å²) in [6.45, 7) is 0.135. The van der Waals surface area contributed by atoms with Gasteiger partial charge in [-0.15, -0.1) is 13.2 Å². The average Bonchev–Trinajstić information content (AvgIpc) is 2.73. The van der Waals surface area contributed by atoms with Crippen molar-refractivity contribution >= 4 is 15.9 Å². The first-order valence-electron chi connectivity index (χ1n) is 9.37. The lowest BCUT2D eigenvalue weighted by Crippen LogP contribution is -2.31. The van der Waals surface area contributed by atoms with E-state index in [2.05, 4.69) is 14.8 Å². The average molecular weight is 476 g/mol. The molecule has 0 aromatic heterocycles. The molecule has 176 valence electrons. The number of sulfonamides is 1. The Morgan fingerprint density at radius 3 is 2.22 bits per heavy atom. The summed E-state index contributed by atoms with van der Waals surface area (Å²) in [6, 6.07) is 9.06. The number of hydrogen-bond donors (Lipinski definition) is 2. The SMILES string of the molecule is COc1ccc(CCNC(=O)CCNS(=O)(=O)c2ccc(OC(F)(F)F)cc2)c(OC)c1. The zero-order valence-corrected chi connectivity index (χ0v) is 18.2. The fourth-order valence-electron chi connectivity index (χ4n) is 2.69. The van der Waals surface area contributed by atoms with E-state index in [1.165, 1.54) is 7.11 Å². The minimum atomic E-state index is -4.87. The van der Waals surface area contributed by atoms with Crippen LogP contribution in [0.3, 0.4) is 0 Å². The molecule has 0 spiro atoms. The van der Waals surface area contributed by atoms with Gasteiger partial charge in [-0.3, -0.25) is 4.79 Å². The van der Waals surface area contributed by atoms with Crippen molar-refractivity contribution in [2.45, 2.75) is 24.1 Å². The zero-order valence-electron chi connectivity index (χ0n) is 17.4. The van der Waals surface area contributed by atoms with E-state index < -0.39 is 22.1 Å². The van der Waals surface area contributed by atoms with Crippen LogP contribution in [0.4, 0.5) is 13.2 Å². The Hall–Kier alpha value is -2.99. The molecule has 2 rings (SSSR count). The molecular weight excluding hydrogens is 453 g/mol. The van der Waals surface area contributed by atoms with Gasteiger partial charge in [-0.25, -0.2) is 13.1 Å². The second kappa shape index (κ2) is 11.0. The van der Waals surface area contributed by atoms with Crippen molar-refractivity contribution in [1.82, 2.24) is 10.0 Å². The van der Waals surface area contributed by atoms with E-state index in [1.807, 2.05) is 6.07 Å². The molecule has 2 aromatic rings. The normalized spacial score (nSPS) is 11.7. The molecule has 0 fully saturated rings. The third-order valence-electron chi connectivity index (χ3n) is 4.22. The maximum Gasteiger partial charge on any atom is 0.573 e. The molecule has 0 saturated carbocycles. The number of carbonyl (C=O) groups excluding carboxylic acids is 1. The largest absolute Gasteiger partial charge is 0.573 e. The van der Waals surface area contributed by atoms with Gasteiger partial charge in [0.05, 0.1) is 19.1 Å². The van der Waals surface area contributed by atoms with Crippen LogP contribution >= 0.6 is 0 Å². The van der Waals surface area contributed by atoms with E-state index in [-0.39, 0.29) is 23.8 Å². The van der Waals surface area contributed by atoms with Crippen molar-refractivity contribution in [2.75, 3.05) is 27.3 Å². The van der Waals surface area contributed by atoms with Crippen LogP contribution in [0.25, 0.3) is 0 Å². The van der Waals surface area contributed by atoms with Crippen LogP contribution < -0.4 is 24.2 Å². The van der Waals surface area contributed by atoms with Gasteiger partial charge in [0.2, 0.25) is 15.9 Å². The first-order chi connectivity index (χ1) is 15.0. The fourth-order valence-corrected chi connectivity index (χ4v) is 3.72. The number of rotatable bonds is 11. The number of ether oxygens (including phenoxy) is 3. The first kappa shape index (κ1) is 25.3. The maximum absolute atomic E-state index is 12.2. The Morgan fingerprint density at radius 2 is 1.62 bits per heavy atom. The standard InChI is InChI=1S/C20H23F3N2O6S/c1-29-16-4-3-14(18(13-16)30-2)9-11-24-19(26)10-12-25-32(27,28)17-7-5-15(6-8-17)31-20(21,22)23/h3-8,13,25H,9-12H2,1-2H3,(H,24,26). The lowest BCUT2D eigenvalue weighted by atomic mass is 10.1. The number of benzene rings is 2. The highest BCUT2D eigenvalue weighted by atomic mass is 32.2. The van der Waals surface area contributed by atoms with Gasteiger partial charge in [0.1, 0.15) is 17.2 Å². The first-order valence-corrected chi connectivity index (χ1v) is 10.9. The number of methoxy groups -OCH3 is 2. The summed E-state index contributed by atoms with van der Waals surface area (Å²) in [5.74, 6) is 0.362. The Morgan fingerprint density at radius 1 is 0.969 bits per heavy atom. The van der Waals surface area contributed by atoms with Gasteiger partial charge < -0.3 is 19.5 Å². The topological polar surface area (TPSA) is 103 Å². The molecule has 12 heteroatoms. The van der Waals surface area contributed by atoms with Gasteiger partial charge in [0.15, 0.2) is 0 Å². The predicted molar refractivity (Wildman–Crippen MR) is 109 cm³/mol. The quantitative estimate of drug-likeness (QED) is 0.517. The number of hydrogen-bond acceptors (Lipinski definition) is 6. The molecule has 2 N–H and O–H groups in total. The van der Waals surface area contributed by atoms with Crippen molar-refractivity contribution < 1.29 is 40.6 Å². The number of nitrogens with one attached hydrogen (secondary N) is 2. The molecule has 0 heterocycles. The van der Waals surface area contributed by atoms with E-state index in [4.69, 9.17) is 9.47 Å². The molecule has 8 nitrogen and oxygen atoms in total. The molecule has 0 aliphatic heterocycles. The number of alkyl halides is 3. The summed E-state index contributed by atoms with van der Waals surface area (Å²) < 4.78 is 77.2. The van der Waals surface area contributed by atoms with Crippen molar-refractivity contribution in [2.24, 2.45) is 0 Å². The van der Waals surface area contributed by atoms with Crippen molar-refractivity contribution in [3.8, 4) is 17.2 Å². The Labute approximate surface area is 183 Å². The van der Waals surface area contributed by atoms with Crippen LogP contribution in [0.15, 0.2) is 47.4 Å². The van der Waals surface area contributed by atoms with Crippen molar-refractivity contribution in [3.05, 3.63) is 48.0 Å². The Balaban J connectivity index is 1.78. The highest BCUT2D eigenvalue weighted by Gasteiger charge is 2.31. The lowest BCUT2D eigenvalue weighted by Gasteiger charge is -2.11. The van der Waals surface area contributed by atoms with Gasteiger partial charge in [0.25, 0.3) is 0 Å². The van der Waals surface area contributed by atoms with Crippen molar-refractivity contribution in [1.29, 1.82) is 0 Å². The van der Waals surface area contributed by atoms with Crippen LogP contribution in [0.5, 0.6) is 17.2 Å². The van der Waals surface area contributed by atoms with E-state index in [1.54, 1.807) is 19.2 Å². The van der Waals surface area contributed by atoms with Gasteiger partial charge in [-0.05, 0) is 42.3 Å². The van der Waals surface area contributed by atoms with Crippen molar-refractivity contribution in [3.63, 3.8) is 0 Å². The summed E-state index contributed by atoms with van der Waals surface area (Å²) in [6.07, 6.45) is -4.49. The van der Waals surface area contributed by atoms with Crippen LogP contribution in [0.2, 0.25) is 0 Å². The Bertz CT molecular complexity index is 1010. The van der Waals surface area contributed by atoms with Gasteiger partial charge in [-0.2, -0.15) is 0 Å². The smallest absolute Gasteiger partial charge is 0.497 e. The van der Waals surface area contributed by atoms with E-state index in [0.717, 1.165) is 29.8 Å². The highest BCUT2D eigenvalue weighted by Crippen LogP contribution is 2.25. The summed E-state index contributed by atoms with van der Waals surface area (Å²) in [4.78, 5) is 11.7. The van der Waals surface area contributed by atoms with Gasteiger partial charge in [0, 0.05) is 25.6 Å². The summed E-state index contributed by atoms with van der Waals surface area (Å²) in [5.41, 5.74) is 0.868. The van der Waals surface area contributed by atoms with Gasteiger partial charge in [-0.1, -0.05) is 6.07 Å². The minimum Gasteiger partial charge on any atom is -0.497 e. The predicted octanol–water partition coefficient (Wildman–Crippen LogP) is 2.63. The third-order valence-corrected chi connectivity index (χ3v) is 5.70. The summed E-state index contributed by atoms with van der Waals surface area (Å²) >= 11 is 0. The second-order valence-corrected chi connectivity index (χ2v) is 8.21. The molecule has 32 heavy (non-hydrogen) atoms.